The van der Waals surface area contributed by atoms with Crippen LogP contribution in [0.4, 0.5) is 4.39 Å². The first-order valence-electron chi connectivity index (χ1n) is 6.80. The van der Waals surface area contributed by atoms with Gasteiger partial charge in [0.1, 0.15) is 11.2 Å². The number of hydrogen-bond donors (Lipinski definition) is 2. The molecule has 3 N–H and O–H groups in total. The van der Waals surface area contributed by atoms with Crippen molar-refractivity contribution < 1.29 is 4.39 Å². The highest BCUT2D eigenvalue weighted by Crippen LogP contribution is 2.30. The van der Waals surface area contributed by atoms with Crippen molar-refractivity contribution in [3.63, 3.8) is 0 Å². The number of nitrogens with two attached hydrogens (primary N) is 1. The van der Waals surface area contributed by atoms with Crippen molar-refractivity contribution in [1.82, 2.24) is 20.2 Å². The number of hydrogen-bond acceptors (Lipinski definition) is 4. The van der Waals surface area contributed by atoms with E-state index in [2.05, 4.69) is 20.2 Å². The molecular formula is C15H15ClFN5. The van der Waals surface area contributed by atoms with Crippen LogP contribution >= 0.6 is 11.6 Å². The second-order valence-electron chi connectivity index (χ2n) is 5.71. The Labute approximate surface area is 131 Å². The fourth-order valence-corrected chi connectivity index (χ4v) is 2.28. The Morgan fingerprint density at radius 1 is 1.36 bits per heavy atom. The molecule has 0 atom stereocenters. The molecule has 3 aromatic rings. The van der Waals surface area contributed by atoms with Crippen molar-refractivity contribution in [3.8, 4) is 11.3 Å². The van der Waals surface area contributed by atoms with Crippen LogP contribution in [0.15, 0.2) is 24.4 Å². The van der Waals surface area contributed by atoms with Gasteiger partial charge in [0, 0.05) is 23.7 Å². The SMILES string of the molecule is CC(C)(CN)c1cnc2c(-c3cccc(Cl)c3F)n[nH]c2n1. The Bertz CT molecular complexity index is 843. The van der Waals surface area contributed by atoms with Gasteiger partial charge in [-0.2, -0.15) is 5.10 Å². The molecule has 7 heteroatoms. The van der Waals surface area contributed by atoms with Gasteiger partial charge >= 0.3 is 0 Å². The first-order chi connectivity index (χ1) is 10.4. The maximum Gasteiger partial charge on any atom is 0.175 e. The average Bonchev–Trinajstić information content (AvgIpc) is 2.93. The maximum absolute atomic E-state index is 14.2. The minimum Gasteiger partial charge on any atom is -0.330 e. The molecule has 0 fully saturated rings. The van der Waals surface area contributed by atoms with Crippen LogP contribution in [0.2, 0.25) is 5.02 Å². The molecule has 114 valence electrons. The molecule has 0 spiro atoms. The molecule has 0 aliphatic heterocycles. The van der Waals surface area contributed by atoms with Gasteiger partial charge in [0.15, 0.2) is 11.5 Å². The number of halogens is 2. The number of H-pyrrole nitrogens is 1. The lowest BCUT2D eigenvalue weighted by atomic mass is 9.90. The standard InChI is InChI=1S/C15H15ClFN5/c1-15(2,7-18)10-6-19-13-12(21-22-14(13)20-10)8-4-3-5-9(16)11(8)17/h3-6H,7,18H2,1-2H3,(H,20,21,22). The highest BCUT2D eigenvalue weighted by atomic mass is 35.5. The van der Waals surface area contributed by atoms with Crippen LogP contribution in [-0.2, 0) is 5.41 Å². The summed E-state index contributed by atoms with van der Waals surface area (Å²) >= 11 is 5.82. The minimum absolute atomic E-state index is 0.0440. The summed E-state index contributed by atoms with van der Waals surface area (Å²) in [6.07, 6.45) is 1.65. The molecule has 5 nitrogen and oxygen atoms in total. The fourth-order valence-electron chi connectivity index (χ4n) is 2.11. The lowest BCUT2D eigenvalue weighted by Gasteiger charge is -2.20. The summed E-state index contributed by atoms with van der Waals surface area (Å²) in [6, 6.07) is 4.76. The van der Waals surface area contributed by atoms with Crippen molar-refractivity contribution in [2.24, 2.45) is 5.73 Å². The molecule has 1 aromatic carbocycles. The van der Waals surface area contributed by atoms with Gasteiger partial charge in [0.25, 0.3) is 0 Å². The summed E-state index contributed by atoms with van der Waals surface area (Å²) < 4.78 is 14.2. The maximum atomic E-state index is 14.2. The van der Waals surface area contributed by atoms with Crippen molar-refractivity contribution in [2.45, 2.75) is 19.3 Å². The minimum atomic E-state index is -0.522. The third-order valence-corrected chi connectivity index (χ3v) is 3.97. The smallest absolute Gasteiger partial charge is 0.175 e. The molecule has 0 saturated heterocycles. The number of fused-ring (bicyclic) bond motifs is 1. The normalized spacial score (nSPS) is 12.0. The van der Waals surface area contributed by atoms with Gasteiger partial charge in [0.2, 0.25) is 0 Å². The van der Waals surface area contributed by atoms with E-state index in [0.717, 1.165) is 5.69 Å². The van der Waals surface area contributed by atoms with Gasteiger partial charge in [0.05, 0.1) is 10.7 Å². The average molecular weight is 320 g/mol. The monoisotopic (exact) mass is 319 g/mol. The van der Waals surface area contributed by atoms with Crippen molar-refractivity contribution >= 4 is 22.8 Å². The van der Waals surface area contributed by atoms with Crippen molar-refractivity contribution in [1.29, 1.82) is 0 Å². The summed E-state index contributed by atoms with van der Waals surface area (Å²) in [7, 11) is 0. The van der Waals surface area contributed by atoms with E-state index in [1.54, 1.807) is 18.3 Å². The zero-order valence-electron chi connectivity index (χ0n) is 12.2. The molecule has 0 bridgehead atoms. The van der Waals surface area contributed by atoms with E-state index in [9.17, 15) is 4.39 Å². The number of nitrogens with one attached hydrogen (secondary N) is 1. The summed E-state index contributed by atoms with van der Waals surface area (Å²) in [5.41, 5.74) is 7.88. The lowest BCUT2D eigenvalue weighted by Crippen LogP contribution is -2.29. The Morgan fingerprint density at radius 3 is 2.86 bits per heavy atom. The first-order valence-corrected chi connectivity index (χ1v) is 7.18. The third-order valence-electron chi connectivity index (χ3n) is 3.68. The number of benzene rings is 1. The Kier molecular flexibility index (Phi) is 3.58. The third kappa shape index (κ3) is 2.34. The molecule has 0 radical (unpaired) electrons. The van der Waals surface area contributed by atoms with E-state index in [4.69, 9.17) is 17.3 Å². The Morgan fingerprint density at radius 2 is 2.14 bits per heavy atom. The summed E-state index contributed by atoms with van der Waals surface area (Å²) in [4.78, 5) is 8.88. The second kappa shape index (κ2) is 5.30. The number of aromatic amines is 1. The summed E-state index contributed by atoms with van der Waals surface area (Å²) in [6.45, 7) is 4.41. The molecule has 22 heavy (non-hydrogen) atoms. The molecule has 0 aliphatic carbocycles. The van der Waals surface area contributed by atoms with Gasteiger partial charge in [-0.25, -0.2) is 14.4 Å². The van der Waals surface area contributed by atoms with Gasteiger partial charge in [-0.1, -0.05) is 31.5 Å². The molecule has 0 saturated carbocycles. The number of nitrogens with zero attached hydrogens (tertiary/aromatic N) is 3. The van der Waals surface area contributed by atoms with E-state index in [-0.39, 0.29) is 10.4 Å². The van der Waals surface area contributed by atoms with Crippen LogP contribution in [0.3, 0.4) is 0 Å². The zero-order valence-corrected chi connectivity index (χ0v) is 12.9. The van der Waals surface area contributed by atoms with Crippen LogP contribution in [0.5, 0.6) is 0 Å². The van der Waals surface area contributed by atoms with Crippen LogP contribution in [0.1, 0.15) is 19.5 Å². The van der Waals surface area contributed by atoms with E-state index >= 15 is 0 Å². The fraction of sp³-hybridized carbons (Fsp3) is 0.267. The van der Waals surface area contributed by atoms with Gasteiger partial charge in [-0.3, -0.25) is 5.10 Å². The molecule has 2 aromatic heterocycles. The van der Waals surface area contributed by atoms with Gasteiger partial charge in [-0.05, 0) is 12.1 Å². The molecule has 2 heterocycles. The van der Waals surface area contributed by atoms with Crippen LogP contribution in [0, 0.1) is 5.82 Å². The van der Waals surface area contributed by atoms with Crippen LogP contribution in [0.25, 0.3) is 22.4 Å². The quantitative estimate of drug-likeness (QED) is 0.777. The predicted octanol–water partition coefficient (Wildman–Crippen LogP) is 3.05. The van der Waals surface area contributed by atoms with Crippen LogP contribution in [-0.4, -0.2) is 26.7 Å². The summed E-state index contributed by atoms with van der Waals surface area (Å²) in [5.74, 6) is -0.522. The number of aromatic nitrogens is 4. The second-order valence-corrected chi connectivity index (χ2v) is 6.12. The van der Waals surface area contributed by atoms with Gasteiger partial charge in [-0.15, -0.1) is 0 Å². The van der Waals surface area contributed by atoms with Crippen LogP contribution < -0.4 is 5.73 Å². The zero-order chi connectivity index (χ0) is 15.9. The Hall–Kier alpha value is -2.05. The molecule has 0 unspecified atom stereocenters. The van der Waals surface area contributed by atoms with Crippen molar-refractivity contribution in [2.75, 3.05) is 6.54 Å². The highest BCUT2D eigenvalue weighted by molar-refractivity contribution is 6.31. The largest absolute Gasteiger partial charge is 0.330 e. The number of rotatable bonds is 3. The Balaban J connectivity index is 2.16. The molecule has 0 amide bonds. The summed E-state index contributed by atoms with van der Waals surface area (Å²) in [5, 5.41) is 6.98. The lowest BCUT2D eigenvalue weighted by molar-refractivity contribution is 0.521. The van der Waals surface area contributed by atoms with E-state index < -0.39 is 5.82 Å². The topological polar surface area (TPSA) is 80.5 Å². The first kappa shape index (κ1) is 14.9. The molecule has 3 rings (SSSR count). The van der Waals surface area contributed by atoms with Gasteiger partial charge < -0.3 is 5.73 Å². The van der Waals surface area contributed by atoms with Crippen molar-refractivity contribution in [3.05, 3.63) is 40.9 Å². The van der Waals surface area contributed by atoms with E-state index in [1.165, 1.54) is 6.07 Å². The molecular weight excluding hydrogens is 305 g/mol. The predicted molar refractivity (Wildman–Crippen MR) is 84.2 cm³/mol. The van der Waals surface area contributed by atoms with E-state index in [1.807, 2.05) is 13.8 Å². The molecule has 0 aliphatic rings. The highest BCUT2D eigenvalue weighted by Gasteiger charge is 2.23. The van der Waals surface area contributed by atoms with E-state index in [0.29, 0.717) is 29.0 Å².